The standard InChI is InChI=1S/C12H18FNO/c1-3-12(15)8-14-9(2)10-5-4-6-11(13)7-10/h4-7,9,12,14-15H,3,8H2,1-2H3/t9-,12?/m0/s1. The molecule has 0 aliphatic heterocycles. The molecule has 2 atom stereocenters. The first-order valence-electron chi connectivity index (χ1n) is 5.30. The van der Waals surface area contributed by atoms with E-state index < -0.39 is 0 Å². The van der Waals surface area contributed by atoms with Gasteiger partial charge < -0.3 is 10.4 Å². The van der Waals surface area contributed by atoms with Crippen LogP contribution in [0.15, 0.2) is 24.3 Å². The number of aliphatic hydroxyl groups is 1. The van der Waals surface area contributed by atoms with Crippen LogP contribution in [-0.2, 0) is 0 Å². The van der Waals surface area contributed by atoms with Crippen molar-refractivity contribution in [2.24, 2.45) is 0 Å². The molecule has 0 saturated heterocycles. The predicted molar refractivity (Wildman–Crippen MR) is 59.1 cm³/mol. The third-order valence-corrected chi connectivity index (χ3v) is 2.48. The van der Waals surface area contributed by atoms with Crippen LogP contribution in [0.1, 0.15) is 31.9 Å². The molecule has 84 valence electrons. The van der Waals surface area contributed by atoms with E-state index in [4.69, 9.17) is 0 Å². The first-order chi connectivity index (χ1) is 7.13. The second kappa shape index (κ2) is 5.83. The summed E-state index contributed by atoms with van der Waals surface area (Å²) in [5.41, 5.74) is 0.901. The predicted octanol–water partition coefficient (Wildman–Crippen LogP) is 2.25. The summed E-state index contributed by atoms with van der Waals surface area (Å²) in [6, 6.07) is 6.56. The van der Waals surface area contributed by atoms with E-state index in [-0.39, 0.29) is 18.0 Å². The summed E-state index contributed by atoms with van der Waals surface area (Å²) in [6.45, 7) is 4.42. The van der Waals surface area contributed by atoms with Crippen LogP contribution in [0.4, 0.5) is 4.39 Å². The van der Waals surface area contributed by atoms with Crippen LogP contribution in [-0.4, -0.2) is 17.8 Å². The van der Waals surface area contributed by atoms with Crippen LogP contribution >= 0.6 is 0 Å². The molecule has 0 aliphatic carbocycles. The zero-order valence-corrected chi connectivity index (χ0v) is 9.20. The molecule has 0 aliphatic rings. The van der Waals surface area contributed by atoms with Crippen molar-refractivity contribution in [3.63, 3.8) is 0 Å². The smallest absolute Gasteiger partial charge is 0.123 e. The van der Waals surface area contributed by atoms with Gasteiger partial charge >= 0.3 is 0 Å². The number of hydrogen-bond acceptors (Lipinski definition) is 2. The third kappa shape index (κ3) is 3.98. The van der Waals surface area contributed by atoms with Crippen molar-refractivity contribution in [2.75, 3.05) is 6.54 Å². The van der Waals surface area contributed by atoms with Crippen molar-refractivity contribution in [2.45, 2.75) is 32.4 Å². The van der Waals surface area contributed by atoms with Gasteiger partial charge in [-0.1, -0.05) is 19.1 Å². The van der Waals surface area contributed by atoms with Crippen molar-refractivity contribution in [3.8, 4) is 0 Å². The van der Waals surface area contributed by atoms with Gasteiger partial charge in [0, 0.05) is 12.6 Å². The van der Waals surface area contributed by atoms with Crippen molar-refractivity contribution in [3.05, 3.63) is 35.6 Å². The minimum atomic E-state index is -0.332. The SMILES string of the molecule is CCC(O)CN[C@@H](C)c1cccc(F)c1. The van der Waals surface area contributed by atoms with Gasteiger partial charge in [-0.2, -0.15) is 0 Å². The Balaban J connectivity index is 2.50. The second-order valence-electron chi connectivity index (χ2n) is 3.75. The molecular formula is C12H18FNO. The van der Waals surface area contributed by atoms with Gasteiger partial charge in [0.05, 0.1) is 6.10 Å². The van der Waals surface area contributed by atoms with E-state index in [1.165, 1.54) is 12.1 Å². The topological polar surface area (TPSA) is 32.3 Å². The molecule has 3 heteroatoms. The molecule has 1 rings (SSSR count). The molecule has 1 aromatic rings. The molecule has 0 saturated carbocycles. The normalized spacial score (nSPS) is 14.9. The highest BCUT2D eigenvalue weighted by Crippen LogP contribution is 2.13. The second-order valence-corrected chi connectivity index (χ2v) is 3.75. The van der Waals surface area contributed by atoms with E-state index in [1.807, 2.05) is 19.9 Å². The molecule has 2 N–H and O–H groups in total. The fourth-order valence-corrected chi connectivity index (χ4v) is 1.35. The van der Waals surface area contributed by atoms with E-state index in [0.717, 1.165) is 12.0 Å². The summed E-state index contributed by atoms with van der Waals surface area (Å²) in [5, 5.41) is 12.5. The van der Waals surface area contributed by atoms with E-state index >= 15 is 0 Å². The molecule has 0 heterocycles. The number of rotatable bonds is 5. The summed E-state index contributed by atoms with van der Waals surface area (Å²) >= 11 is 0. The highest BCUT2D eigenvalue weighted by molar-refractivity contribution is 5.19. The maximum absolute atomic E-state index is 12.9. The van der Waals surface area contributed by atoms with Gasteiger partial charge in [-0.3, -0.25) is 0 Å². The Morgan fingerprint density at radius 2 is 2.20 bits per heavy atom. The average Bonchev–Trinajstić information content (AvgIpc) is 2.25. The minimum absolute atomic E-state index is 0.0573. The minimum Gasteiger partial charge on any atom is -0.392 e. The Kier molecular flexibility index (Phi) is 4.72. The van der Waals surface area contributed by atoms with Gasteiger partial charge in [0.25, 0.3) is 0 Å². The molecule has 2 nitrogen and oxygen atoms in total. The third-order valence-electron chi connectivity index (χ3n) is 2.48. The first-order valence-corrected chi connectivity index (χ1v) is 5.30. The summed E-state index contributed by atoms with van der Waals surface area (Å²) in [7, 11) is 0. The lowest BCUT2D eigenvalue weighted by molar-refractivity contribution is 0.163. The van der Waals surface area contributed by atoms with Crippen LogP contribution in [0.25, 0.3) is 0 Å². The van der Waals surface area contributed by atoms with E-state index in [9.17, 15) is 9.50 Å². The number of hydrogen-bond donors (Lipinski definition) is 2. The van der Waals surface area contributed by atoms with Crippen LogP contribution in [0, 0.1) is 5.82 Å². The molecule has 1 aromatic carbocycles. The molecule has 15 heavy (non-hydrogen) atoms. The maximum Gasteiger partial charge on any atom is 0.123 e. The van der Waals surface area contributed by atoms with Crippen LogP contribution in [0.5, 0.6) is 0 Å². The van der Waals surface area contributed by atoms with Crippen LogP contribution in [0.2, 0.25) is 0 Å². The van der Waals surface area contributed by atoms with Crippen molar-refractivity contribution in [1.29, 1.82) is 0 Å². The highest BCUT2D eigenvalue weighted by atomic mass is 19.1. The van der Waals surface area contributed by atoms with E-state index in [2.05, 4.69) is 5.32 Å². The van der Waals surface area contributed by atoms with Crippen molar-refractivity contribution >= 4 is 0 Å². The van der Waals surface area contributed by atoms with Gasteiger partial charge in [0.15, 0.2) is 0 Å². The lowest BCUT2D eigenvalue weighted by Crippen LogP contribution is -2.28. The number of benzene rings is 1. The molecule has 0 aromatic heterocycles. The summed E-state index contributed by atoms with van der Waals surface area (Å²) < 4.78 is 12.9. The zero-order valence-electron chi connectivity index (χ0n) is 9.20. The number of halogens is 1. The van der Waals surface area contributed by atoms with Crippen molar-refractivity contribution in [1.82, 2.24) is 5.32 Å². The molecular weight excluding hydrogens is 193 g/mol. The Morgan fingerprint density at radius 3 is 2.80 bits per heavy atom. The number of nitrogens with one attached hydrogen (secondary N) is 1. The van der Waals surface area contributed by atoms with Crippen LogP contribution in [0.3, 0.4) is 0 Å². The Morgan fingerprint density at radius 1 is 1.47 bits per heavy atom. The van der Waals surface area contributed by atoms with Crippen molar-refractivity contribution < 1.29 is 9.50 Å². The lowest BCUT2D eigenvalue weighted by Gasteiger charge is -2.16. The monoisotopic (exact) mass is 211 g/mol. The molecule has 1 unspecified atom stereocenters. The van der Waals surface area contributed by atoms with Crippen LogP contribution < -0.4 is 5.32 Å². The maximum atomic E-state index is 12.9. The summed E-state index contributed by atoms with van der Waals surface area (Å²) in [4.78, 5) is 0. The first kappa shape index (κ1) is 12.1. The molecule has 0 fully saturated rings. The van der Waals surface area contributed by atoms with E-state index in [0.29, 0.717) is 6.54 Å². The van der Waals surface area contributed by atoms with Gasteiger partial charge in [-0.05, 0) is 31.0 Å². The van der Waals surface area contributed by atoms with Gasteiger partial charge in [-0.25, -0.2) is 4.39 Å². The molecule has 0 radical (unpaired) electrons. The summed E-state index contributed by atoms with van der Waals surface area (Å²) in [6.07, 6.45) is 0.393. The Labute approximate surface area is 90.1 Å². The van der Waals surface area contributed by atoms with Gasteiger partial charge in [-0.15, -0.1) is 0 Å². The molecule has 0 amide bonds. The quantitative estimate of drug-likeness (QED) is 0.783. The molecule has 0 bridgehead atoms. The average molecular weight is 211 g/mol. The van der Waals surface area contributed by atoms with Gasteiger partial charge in [0.1, 0.15) is 5.82 Å². The highest BCUT2D eigenvalue weighted by Gasteiger charge is 2.07. The number of aliphatic hydroxyl groups excluding tert-OH is 1. The Bertz CT molecular complexity index is 303. The zero-order chi connectivity index (χ0) is 11.3. The fourth-order valence-electron chi connectivity index (χ4n) is 1.35. The lowest BCUT2D eigenvalue weighted by atomic mass is 10.1. The largest absolute Gasteiger partial charge is 0.392 e. The Hall–Kier alpha value is -0.930. The van der Waals surface area contributed by atoms with Gasteiger partial charge in [0.2, 0.25) is 0 Å². The summed E-state index contributed by atoms with van der Waals surface area (Å²) in [5.74, 6) is -0.225. The molecule has 0 spiro atoms. The fraction of sp³-hybridized carbons (Fsp3) is 0.500. The van der Waals surface area contributed by atoms with E-state index in [1.54, 1.807) is 6.07 Å².